The number of carbonyl (C=O) groups excluding carboxylic acids is 1. The lowest BCUT2D eigenvalue weighted by Crippen LogP contribution is -2.41. The molecular formula is C16H21NO4. The van der Waals surface area contributed by atoms with E-state index in [-0.39, 0.29) is 11.5 Å². The molecule has 1 fully saturated rings. The molecule has 1 aromatic carbocycles. The van der Waals surface area contributed by atoms with Gasteiger partial charge in [0, 0.05) is 25.3 Å². The molecule has 114 valence electrons. The number of likely N-dealkylation sites (tertiary alicyclic amines) is 1. The molecule has 0 aromatic heterocycles. The quantitative estimate of drug-likeness (QED) is 0.903. The van der Waals surface area contributed by atoms with Gasteiger partial charge in [0.25, 0.3) is 5.91 Å². The summed E-state index contributed by atoms with van der Waals surface area (Å²) in [6.07, 6.45) is 2.03. The van der Waals surface area contributed by atoms with Gasteiger partial charge in [0.2, 0.25) is 0 Å². The number of nitrogens with zero attached hydrogens (tertiary/aromatic N) is 1. The third-order valence-electron chi connectivity index (χ3n) is 3.72. The minimum absolute atomic E-state index is 0.0979. The highest BCUT2D eigenvalue weighted by molar-refractivity contribution is 5.97. The Morgan fingerprint density at radius 3 is 2.86 bits per heavy atom. The molecule has 1 saturated heterocycles. The van der Waals surface area contributed by atoms with Gasteiger partial charge in [0.1, 0.15) is 0 Å². The van der Waals surface area contributed by atoms with E-state index in [1.54, 1.807) is 17.0 Å². The zero-order valence-corrected chi connectivity index (χ0v) is 12.2. The predicted octanol–water partition coefficient (Wildman–Crippen LogP) is 2.27. The molecule has 0 saturated carbocycles. The van der Waals surface area contributed by atoms with Crippen molar-refractivity contribution in [1.29, 1.82) is 0 Å². The van der Waals surface area contributed by atoms with Crippen LogP contribution < -0.4 is 0 Å². The average molecular weight is 291 g/mol. The van der Waals surface area contributed by atoms with Gasteiger partial charge in [-0.3, -0.25) is 4.79 Å². The Labute approximate surface area is 124 Å². The van der Waals surface area contributed by atoms with Crippen LogP contribution in [0, 0.1) is 5.92 Å². The van der Waals surface area contributed by atoms with Crippen LogP contribution in [-0.4, -0.2) is 48.2 Å². The Bertz CT molecular complexity index is 515. The first-order valence-corrected chi connectivity index (χ1v) is 7.32. The summed E-state index contributed by atoms with van der Waals surface area (Å²) in [6.45, 7) is 4.72. The van der Waals surface area contributed by atoms with E-state index in [1.165, 1.54) is 12.1 Å². The van der Waals surface area contributed by atoms with Crippen molar-refractivity contribution >= 4 is 11.9 Å². The summed E-state index contributed by atoms with van der Waals surface area (Å²) >= 11 is 0. The number of carboxylic acid groups (broad SMARTS) is 1. The van der Waals surface area contributed by atoms with Crippen LogP contribution in [0.3, 0.4) is 0 Å². The SMILES string of the molecule is CCOC[C@@H]1CCCN(C(=O)c2cccc(C(=O)O)c2)C1. The van der Waals surface area contributed by atoms with Gasteiger partial charge < -0.3 is 14.7 Å². The molecule has 1 heterocycles. The van der Waals surface area contributed by atoms with E-state index in [0.29, 0.717) is 31.2 Å². The van der Waals surface area contributed by atoms with Gasteiger partial charge in [0.05, 0.1) is 12.2 Å². The fraction of sp³-hybridized carbons (Fsp3) is 0.500. The zero-order valence-electron chi connectivity index (χ0n) is 12.2. The monoisotopic (exact) mass is 291 g/mol. The molecule has 5 heteroatoms. The summed E-state index contributed by atoms with van der Waals surface area (Å²) in [4.78, 5) is 25.3. The molecule has 0 unspecified atom stereocenters. The van der Waals surface area contributed by atoms with Crippen molar-refractivity contribution in [3.63, 3.8) is 0 Å². The maximum Gasteiger partial charge on any atom is 0.335 e. The fourth-order valence-electron chi connectivity index (χ4n) is 2.64. The van der Waals surface area contributed by atoms with Crippen LogP contribution in [0.15, 0.2) is 24.3 Å². The molecule has 21 heavy (non-hydrogen) atoms. The van der Waals surface area contributed by atoms with Crippen molar-refractivity contribution in [1.82, 2.24) is 4.90 Å². The summed E-state index contributed by atoms with van der Waals surface area (Å²) < 4.78 is 5.44. The van der Waals surface area contributed by atoms with Crippen molar-refractivity contribution < 1.29 is 19.4 Å². The van der Waals surface area contributed by atoms with Crippen LogP contribution in [0.2, 0.25) is 0 Å². The topological polar surface area (TPSA) is 66.8 Å². The molecule has 1 amide bonds. The van der Waals surface area contributed by atoms with Crippen molar-refractivity contribution in [2.75, 3.05) is 26.3 Å². The first kappa shape index (κ1) is 15.5. The second-order valence-electron chi connectivity index (χ2n) is 5.30. The lowest BCUT2D eigenvalue weighted by Gasteiger charge is -2.32. The standard InChI is InChI=1S/C16H21NO4/c1-2-21-11-12-5-4-8-17(10-12)15(18)13-6-3-7-14(9-13)16(19)20/h3,6-7,9,12H,2,4-5,8,10-11H2,1H3,(H,19,20)/t12-/m1/s1. The molecule has 0 spiro atoms. The highest BCUT2D eigenvalue weighted by Crippen LogP contribution is 2.19. The van der Waals surface area contributed by atoms with E-state index < -0.39 is 5.97 Å². The lowest BCUT2D eigenvalue weighted by atomic mass is 9.98. The molecule has 0 radical (unpaired) electrons. The van der Waals surface area contributed by atoms with Crippen LogP contribution in [0.5, 0.6) is 0 Å². The molecule has 1 aromatic rings. The first-order chi connectivity index (χ1) is 10.1. The van der Waals surface area contributed by atoms with Gasteiger partial charge in [0.15, 0.2) is 0 Å². The van der Waals surface area contributed by atoms with E-state index in [9.17, 15) is 9.59 Å². The number of rotatable bonds is 5. The minimum Gasteiger partial charge on any atom is -0.478 e. The van der Waals surface area contributed by atoms with E-state index >= 15 is 0 Å². The second kappa shape index (κ2) is 7.22. The third-order valence-corrected chi connectivity index (χ3v) is 3.72. The first-order valence-electron chi connectivity index (χ1n) is 7.32. The highest BCUT2D eigenvalue weighted by Gasteiger charge is 2.24. The fourth-order valence-corrected chi connectivity index (χ4v) is 2.64. The van der Waals surface area contributed by atoms with Crippen molar-refractivity contribution in [3.05, 3.63) is 35.4 Å². The number of benzene rings is 1. The smallest absolute Gasteiger partial charge is 0.335 e. The van der Waals surface area contributed by atoms with E-state index in [4.69, 9.17) is 9.84 Å². The van der Waals surface area contributed by atoms with Crippen LogP contribution in [0.4, 0.5) is 0 Å². The highest BCUT2D eigenvalue weighted by atomic mass is 16.5. The second-order valence-corrected chi connectivity index (χ2v) is 5.30. The molecule has 1 aliphatic heterocycles. The number of hydrogen-bond donors (Lipinski definition) is 1. The van der Waals surface area contributed by atoms with E-state index in [2.05, 4.69) is 0 Å². The number of ether oxygens (including phenoxy) is 1. The molecular weight excluding hydrogens is 270 g/mol. The number of hydrogen-bond acceptors (Lipinski definition) is 3. The maximum atomic E-state index is 12.5. The maximum absolute atomic E-state index is 12.5. The van der Waals surface area contributed by atoms with Crippen LogP contribution >= 0.6 is 0 Å². The van der Waals surface area contributed by atoms with Crippen LogP contribution in [0.1, 0.15) is 40.5 Å². The summed E-state index contributed by atoms with van der Waals surface area (Å²) in [5.41, 5.74) is 0.579. The zero-order chi connectivity index (χ0) is 15.2. The third kappa shape index (κ3) is 4.04. The Hall–Kier alpha value is -1.88. The molecule has 0 aliphatic carbocycles. The molecule has 1 atom stereocenters. The molecule has 0 bridgehead atoms. The van der Waals surface area contributed by atoms with Crippen LogP contribution in [0.25, 0.3) is 0 Å². The summed E-state index contributed by atoms with van der Waals surface area (Å²) in [6, 6.07) is 6.21. The molecule has 1 N–H and O–H groups in total. The molecule has 2 rings (SSSR count). The average Bonchev–Trinajstić information content (AvgIpc) is 2.52. The number of carbonyl (C=O) groups is 2. The summed E-state index contributed by atoms with van der Waals surface area (Å²) in [7, 11) is 0. The Kier molecular flexibility index (Phi) is 5.33. The van der Waals surface area contributed by atoms with E-state index in [0.717, 1.165) is 19.4 Å². The van der Waals surface area contributed by atoms with Crippen molar-refractivity contribution in [2.24, 2.45) is 5.92 Å². The molecule has 1 aliphatic rings. The van der Waals surface area contributed by atoms with Gasteiger partial charge in [-0.2, -0.15) is 0 Å². The summed E-state index contributed by atoms with van der Waals surface area (Å²) in [5, 5.41) is 9.00. The van der Waals surface area contributed by atoms with Gasteiger partial charge in [-0.25, -0.2) is 4.79 Å². The largest absolute Gasteiger partial charge is 0.478 e. The number of amides is 1. The van der Waals surface area contributed by atoms with Crippen molar-refractivity contribution in [3.8, 4) is 0 Å². The van der Waals surface area contributed by atoms with E-state index in [1.807, 2.05) is 6.92 Å². The predicted molar refractivity (Wildman–Crippen MR) is 78.5 cm³/mol. The Balaban J connectivity index is 2.05. The Morgan fingerprint density at radius 1 is 1.38 bits per heavy atom. The number of aromatic carboxylic acids is 1. The van der Waals surface area contributed by atoms with Crippen LogP contribution in [-0.2, 0) is 4.74 Å². The number of piperidine rings is 1. The normalized spacial score (nSPS) is 18.5. The summed E-state index contributed by atoms with van der Waals surface area (Å²) in [5.74, 6) is -0.748. The van der Waals surface area contributed by atoms with Gasteiger partial charge in [-0.15, -0.1) is 0 Å². The van der Waals surface area contributed by atoms with Gasteiger partial charge in [-0.05, 0) is 43.9 Å². The van der Waals surface area contributed by atoms with Gasteiger partial charge in [-0.1, -0.05) is 6.07 Å². The van der Waals surface area contributed by atoms with Crippen molar-refractivity contribution in [2.45, 2.75) is 19.8 Å². The van der Waals surface area contributed by atoms with Gasteiger partial charge >= 0.3 is 5.97 Å². The molecule has 5 nitrogen and oxygen atoms in total. The lowest BCUT2D eigenvalue weighted by molar-refractivity contribution is 0.0501. The number of carboxylic acids is 1. The Morgan fingerprint density at radius 2 is 2.14 bits per heavy atom. The minimum atomic E-state index is -1.02.